The van der Waals surface area contributed by atoms with Gasteiger partial charge in [0.15, 0.2) is 5.82 Å². The summed E-state index contributed by atoms with van der Waals surface area (Å²) in [6.07, 6.45) is 2.99. The highest BCUT2D eigenvalue weighted by Crippen LogP contribution is 2.11. The van der Waals surface area contributed by atoms with E-state index >= 15 is 0 Å². The number of aryl methyl sites for hydroxylation is 1. The van der Waals surface area contributed by atoms with Crippen LogP contribution in [-0.2, 0) is 7.05 Å². The number of aliphatic hydroxyl groups excluding tert-OH is 1. The third kappa shape index (κ3) is 1.65. The minimum absolute atomic E-state index is 0.506. The van der Waals surface area contributed by atoms with E-state index in [1.165, 1.54) is 6.33 Å². The zero-order valence-electron chi connectivity index (χ0n) is 6.44. The molecular weight excluding hydrogens is 142 g/mol. The second-order valence-corrected chi connectivity index (χ2v) is 2.28. The Balaban J connectivity index is 2.74. The van der Waals surface area contributed by atoms with E-state index in [1.807, 2.05) is 0 Å². The summed E-state index contributed by atoms with van der Waals surface area (Å²) in [5.74, 6) is 0.574. The summed E-state index contributed by atoms with van der Waals surface area (Å²) in [5, 5.41) is 13.2. The molecule has 4 nitrogen and oxygen atoms in total. The van der Waals surface area contributed by atoms with Gasteiger partial charge in [0.1, 0.15) is 12.4 Å². The molecule has 0 fully saturated rings. The maximum absolute atomic E-state index is 9.40. The van der Waals surface area contributed by atoms with Gasteiger partial charge in [-0.15, -0.1) is 6.58 Å². The van der Waals surface area contributed by atoms with E-state index in [4.69, 9.17) is 0 Å². The fraction of sp³-hybridized carbons (Fsp3) is 0.429. The minimum atomic E-state index is -0.583. The number of aliphatic hydroxyl groups is 1. The van der Waals surface area contributed by atoms with Crippen LogP contribution >= 0.6 is 0 Å². The standard InChI is InChI=1S/C7H11N3O/c1-3-4-6(11)7-8-5-9-10(7)2/h3,5-6,11H,1,4H2,2H3. The lowest BCUT2D eigenvalue weighted by atomic mass is 10.2. The molecule has 0 aliphatic carbocycles. The van der Waals surface area contributed by atoms with Crippen molar-refractivity contribution >= 4 is 0 Å². The Morgan fingerprint density at radius 1 is 1.91 bits per heavy atom. The average molecular weight is 153 g/mol. The Morgan fingerprint density at radius 3 is 3.09 bits per heavy atom. The molecule has 1 aromatic heterocycles. The molecule has 0 saturated heterocycles. The second-order valence-electron chi connectivity index (χ2n) is 2.28. The predicted molar refractivity (Wildman–Crippen MR) is 40.8 cm³/mol. The summed E-state index contributed by atoms with van der Waals surface area (Å²) in [4.78, 5) is 3.89. The maximum atomic E-state index is 9.40. The summed E-state index contributed by atoms with van der Waals surface area (Å²) in [6, 6.07) is 0. The van der Waals surface area contributed by atoms with Gasteiger partial charge in [0, 0.05) is 7.05 Å². The van der Waals surface area contributed by atoms with Crippen molar-refractivity contribution in [2.24, 2.45) is 7.05 Å². The van der Waals surface area contributed by atoms with Gasteiger partial charge in [-0.25, -0.2) is 4.98 Å². The lowest BCUT2D eigenvalue weighted by molar-refractivity contribution is 0.166. The van der Waals surface area contributed by atoms with Gasteiger partial charge in [0.25, 0.3) is 0 Å². The maximum Gasteiger partial charge on any atom is 0.155 e. The molecule has 60 valence electrons. The van der Waals surface area contributed by atoms with E-state index in [2.05, 4.69) is 16.7 Å². The van der Waals surface area contributed by atoms with Crippen LogP contribution < -0.4 is 0 Å². The van der Waals surface area contributed by atoms with Crippen LogP contribution in [0.1, 0.15) is 18.3 Å². The zero-order chi connectivity index (χ0) is 8.27. The van der Waals surface area contributed by atoms with E-state index in [1.54, 1.807) is 17.8 Å². The van der Waals surface area contributed by atoms with Gasteiger partial charge in [0.05, 0.1) is 0 Å². The van der Waals surface area contributed by atoms with Gasteiger partial charge in [-0.1, -0.05) is 6.08 Å². The van der Waals surface area contributed by atoms with Gasteiger partial charge in [-0.2, -0.15) is 5.10 Å². The third-order valence-corrected chi connectivity index (χ3v) is 1.43. The van der Waals surface area contributed by atoms with Crippen LogP contribution in [0.4, 0.5) is 0 Å². The molecule has 0 spiro atoms. The number of nitrogens with zero attached hydrogens (tertiary/aromatic N) is 3. The van der Waals surface area contributed by atoms with Crippen LogP contribution in [0, 0.1) is 0 Å². The van der Waals surface area contributed by atoms with Crippen molar-refractivity contribution in [3.8, 4) is 0 Å². The van der Waals surface area contributed by atoms with Crippen molar-refractivity contribution in [2.45, 2.75) is 12.5 Å². The van der Waals surface area contributed by atoms with Crippen LogP contribution in [-0.4, -0.2) is 19.9 Å². The van der Waals surface area contributed by atoms with Crippen molar-refractivity contribution in [1.29, 1.82) is 0 Å². The van der Waals surface area contributed by atoms with Crippen LogP contribution in [0.2, 0.25) is 0 Å². The fourth-order valence-corrected chi connectivity index (χ4v) is 0.870. The first-order chi connectivity index (χ1) is 5.25. The quantitative estimate of drug-likeness (QED) is 0.640. The second kappa shape index (κ2) is 3.30. The first-order valence-electron chi connectivity index (χ1n) is 3.38. The summed E-state index contributed by atoms with van der Waals surface area (Å²) in [7, 11) is 1.74. The topological polar surface area (TPSA) is 50.9 Å². The minimum Gasteiger partial charge on any atom is -0.385 e. The molecule has 4 heteroatoms. The summed E-state index contributed by atoms with van der Waals surface area (Å²) >= 11 is 0. The third-order valence-electron chi connectivity index (χ3n) is 1.43. The highest BCUT2D eigenvalue weighted by atomic mass is 16.3. The van der Waals surface area contributed by atoms with Gasteiger partial charge in [-0.05, 0) is 6.42 Å². The van der Waals surface area contributed by atoms with Crippen molar-refractivity contribution in [3.05, 3.63) is 24.8 Å². The summed E-state index contributed by atoms with van der Waals surface area (Å²) < 4.78 is 1.55. The van der Waals surface area contributed by atoms with Crippen molar-refractivity contribution in [1.82, 2.24) is 14.8 Å². The van der Waals surface area contributed by atoms with Crippen LogP contribution in [0.3, 0.4) is 0 Å². The summed E-state index contributed by atoms with van der Waals surface area (Å²) in [6.45, 7) is 3.52. The van der Waals surface area contributed by atoms with E-state index in [0.29, 0.717) is 12.2 Å². The van der Waals surface area contributed by atoms with E-state index in [0.717, 1.165) is 0 Å². The number of hydrogen-bond acceptors (Lipinski definition) is 3. The van der Waals surface area contributed by atoms with E-state index < -0.39 is 6.10 Å². The zero-order valence-corrected chi connectivity index (χ0v) is 6.44. The first-order valence-corrected chi connectivity index (χ1v) is 3.38. The first kappa shape index (κ1) is 7.94. The molecule has 0 radical (unpaired) electrons. The van der Waals surface area contributed by atoms with E-state index in [-0.39, 0.29) is 0 Å². The Hall–Kier alpha value is -1.16. The molecular formula is C7H11N3O. The van der Waals surface area contributed by atoms with Crippen LogP contribution in [0.25, 0.3) is 0 Å². The van der Waals surface area contributed by atoms with Crippen LogP contribution in [0.5, 0.6) is 0 Å². The normalized spacial score (nSPS) is 12.9. The number of rotatable bonds is 3. The highest BCUT2D eigenvalue weighted by molar-refractivity contribution is 4.92. The molecule has 1 N–H and O–H groups in total. The molecule has 1 heterocycles. The van der Waals surface area contributed by atoms with Crippen molar-refractivity contribution in [3.63, 3.8) is 0 Å². The molecule has 0 aliphatic rings. The molecule has 1 unspecified atom stereocenters. The van der Waals surface area contributed by atoms with Gasteiger partial charge < -0.3 is 5.11 Å². The van der Waals surface area contributed by atoms with Gasteiger partial charge >= 0.3 is 0 Å². The monoisotopic (exact) mass is 153 g/mol. The molecule has 0 saturated carbocycles. The van der Waals surface area contributed by atoms with Crippen molar-refractivity contribution in [2.75, 3.05) is 0 Å². The molecule has 11 heavy (non-hydrogen) atoms. The summed E-state index contributed by atoms with van der Waals surface area (Å²) in [5.41, 5.74) is 0. The molecule has 0 bridgehead atoms. The Kier molecular flexibility index (Phi) is 2.38. The Labute approximate surface area is 65.2 Å². The molecule has 1 aromatic rings. The fourth-order valence-electron chi connectivity index (χ4n) is 0.870. The molecule has 0 aromatic carbocycles. The van der Waals surface area contributed by atoms with Gasteiger partial charge in [0.2, 0.25) is 0 Å². The lowest BCUT2D eigenvalue weighted by Crippen LogP contribution is -2.05. The lowest BCUT2D eigenvalue weighted by Gasteiger charge is -2.05. The van der Waals surface area contributed by atoms with E-state index in [9.17, 15) is 5.11 Å². The Morgan fingerprint density at radius 2 is 2.64 bits per heavy atom. The SMILES string of the molecule is C=CCC(O)c1ncnn1C. The average Bonchev–Trinajstić information content (AvgIpc) is 2.36. The molecule has 1 rings (SSSR count). The number of aromatic nitrogens is 3. The number of hydrogen-bond donors (Lipinski definition) is 1. The molecule has 1 atom stereocenters. The Bertz CT molecular complexity index is 244. The highest BCUT2D eigenvalue weighted by Gasteiger charge is 2.10. The van der Waals surface area contributed by atoms with Crippen molar-refractivity contribution < 1.29 is 5.11 Å². The van der Waals surface area contributed by atoms with Crippen LogP contribution in [0.15, 0.2) is 19.0 Å². The predicted octanol–water partition coefficient (Wildman–Crippen LogP) is 0.425. The molecule has 0 amide bonds. The van der Waals surface area contributed by atoms with Gasteiger partial charge in [-0.3, -0.25) is 4.68 Å². The molecule has 0 aliphatic heterocycles. The smallest absolute Gasteiger partial charge is 0.155 e. The largest absolute Gasteiger partial charge is 0.385 e.